The lowest BCUT2D eigenvalue weighted by Gasteiger charge is -2.30. The Morgan fingerprint density at radius 1 is 1.33 bits per heavy atom. The van der Waals surface area contributed by atoms with Gasteiger partial charge in [-0.2, -0.15) is 0 Å². The van der Waals surface area contributed by atoms with Gasteiger partial charge in [-0.1, -0.05) is 0 Å². The number of carbonyl (C=O) groups is 2. The Bertz CT molecular complexity index is 568. The maximum atomic E-state index is 12.5. The molecule has 0 spiro atoms. The van der Waals surface area contributed by atoms with Gasteiger partial charge in [-0.15, -0.1) is 11.8 Å². The molecule has 5 nitrogen and oxygen atoms in total. The molecule has 2 aliphatic rings. The van der Waals surface area contributed by atoms with Crippen LogP contribution in [0.3, 0.4) is 0 Å². The fourth-order valence-corrected chi connectivity index (χ4v) is 3.58. The molecular formula is C15H19N3O2S. The molecule has 112 valence electrons. The largest absolute Gasteiger partial charge is 0.339 e. The zero-order valence-corrected chi connectivity index (χ0v) is 12.6. The van der Waals surface area contributed by atoms with E-state index in [-0.39, 0.29) is 17.9 Å². The van der Waals surface area contributed by atoms with Gasteiger partial charge in [0.1, 0.15) is 0 Å². The van der Waals surface area contributed by atoms with Gasteiger partial charge in [0.15, 0.2) is 0 Å². The van der Waals surface area contributed by atoms with Crippen molar-refractivity contribution in [3.05, 3.63) is 23.8 Å². The highest BCUT2D eigenvalue weighted by molar-refractivity contribution is 7.99. The van der Waals surface area contributed by atoms with Crippen molar-refractivity contribution in [3.8, 4) is 0 Å². The molecule has 0 radical (unpaired) electrons. The van der Waals surface area contributed by atoms with Gasteiger partial charge in [-0.25, -0.2) is 0 Å². The number of hydrogen-bond acceptors (Lipinski definition) is 4. The topological polar surface area (TPSA) is 75.4 Å². The molecule has 0 aliphatic carbocycles. The zero-order chi connectivity index (χ0) is 14.8. The molecule has 0 aromatic heterocycles. The van der Waals surface area contributed by atoms with E-state index in [1.165, 1.54) is 0 Å². The lowest BCUT2D eigenvalue weighted by molar-refractivity contribution is -0.115. The molecule has 2 amide bonds. The number of anilines is 1. The summed E-state index contributed by atoms with van der Waals surface area (Å²) in [5.74, 6) is 0.804. The van der Waals surface area contributed by atoms with Crippen molar-refractivity contribution >= 4 is 29.3 Å². The molecule has 1 fully saturated rings. The summed E-state index contributed by atoms with van der Waals surface area (Å²) in [6, 6.07) is 5.77. The molecule has 1 aromatic rings. The van der Waals surface area contributed by atoms with Crippen LogP contribution in [0.4, 0.5) is 5.69 Å². The normalized spacial score (nSPS) is 19.7. The number of likely N-dealkylation sites (tertiary alicyclic amines) is 1. The molecule has 1 aromatic carbocycles. The Kier molecular flexibility index (Phi) is 4.17. The Morgan fingerprint density at radius 3 is 2.86 bits per heavy atom. The summed E-state index contributed by atoms with van der Waals surface area (Å²) >= 11 is 1.64. The summed E-state index contributed by atoms with van der Waals surface area (Å²) in [7, 11) is 0. The molecule has 0 saturated carbocycles. The highest BCUT2D eigenvalue weighted by Crippen LogP contribution is 2.31. The van der Waals surface area contributed by atoms with Crippen LogP contribution in [0.25, 0.3) is 0 Å². The van der Waals surface area contributed by atoms with Gasteiger partial charge in [-0.3, -0.25) is 9.59 Å². The Labute approximate surface area is 128 Å². The Hall–Kier alpha value is -1.53. The molecule has 3 N–H and O–H groups in total. The molecule has 2 aliphatic heterocycles. The van der Waals surface area contributed by atoms with Crippen LogP contribution in [-0.2, 0) is 4.79 Å². The maximum absolute atomic E-state index is 12.5. The van der Waals surface area contributed by atoms with Gasteiger partial charge >= 0.3 is 0 Å². The Balaban J connectivity index is 1.79. The summed E-state index contributed by atoms with van der Waals surface area (Å²) in [5.41, 5.74) is 7.25. The molecule has 1 saturated heterocycles. The van der Waals surface area contributed by atoms with Crippen LogP contribution >= 0.6 is 11.8 Å². The molecule has 0 atom stereocenters. The second-order valence-corrected chi connectivity index (χ2v) is 6.62. The fraction of sp³-hybridized carbons (Fsp3) is 0.467. The maximum Gasteiger partial charge on any atom is 0.253 e. The summed E-state index contributed by atoms with van der Waals surface area (Å²) in [5, 5.41) is 2.88. The number of nitrogens with two attached hydrogens (primary N) is 1. The third kappa shape index (κ3) is 3.22. The van der Waals surface area contributed by atoms with Crippen LogP contribution in [0.1, 0.15) is 29.6 Å². The van der Waals surface area contributed by atoms with Crippen molar-refractivity contribution in [2.75, 3.05) is 24.2 Å². The number of fused-ring (bicyclic) bond motifs is 1. The number of carbonyl (C=O) groups excluding carboxylic acids is 2. The first-order valence-corrected chi connectivity index (χ1v) is 8.23. The van der Waals surface area contributed by atoms with E-state index in [4.69, 9.17) is 5.73 Å². The number of rotatable bonds is 1. The van der Waals surface area contributed by atoms with E-state index < -0.39 is 0 Å². The number of amides is 2. The lowest BCUT2D eigenvalue weighted by Crippen LogP contribution is -2.42. The number of piperidine rings is 1. The number of nitrogens with one attached hydrogen (secondary N) is 1. The number of nitrogens with zero attached hydrogens (tertiary/aromatic N) is 1. The van der Waals surface area contributed by atoms with E-state index in [1.54, 1.807) is 17.8 Å². The first-order chi connectivity index (χ1) is 10.1. The number of hydrogen-bond donors (Lipinski definition) is 2. The highest BCUT2D eigenvalue weighted by atomic mass is 32.2. The predicted octanol–water partition coefficient (Wildman–Crippen LogP) is 1.68. The first-order valence-electron chi connectivity index (χ1n) is 7.25. The highest BCUT2D eigenvalue weighted by Gasteiger charge is 2.23. The van der Waals surface area contributed by atoms with Crippen molar-refractivity contribution in [1.82, 2.24) is 4.90 Å². The molecule has 6 heteroatoms. The van der Waals surface area contributed by atoms with Gasteiger partial charge in [0.05, 0.1) is 5.69 Å². The zero-order valence-electron chi connectivity index (χ0n) is 11.8. The third-order valence-corrected chi connectivity index (χ3v) is 4.99. The van der Waals surface area contributed by atoms with Gasteiger partial charge in [0, 0.05) is 41.8 Å². The van der Waals surface area contributed by atoms with Crippen molar-refractivity contribution in [1.29, 1.82) is 0 Å². The molecule has 3 rings (SSSR count). The lowest BCUT2D eigenvalue weighted by atomic mass is 10.0. The van der Waals surface area contributed by atoms with E-state index in [0.717, 1.165) is 29.2 Å². The van der Waals surface area contributed by atoms with Gasteiger partial charge < -0.3 is 16.0 Å². The van der Waals surface area contributed by atoms with E-state index in [0.29, 0.717) is 25.1 Å². The number of thioether (sulfide) groups is 1. The van der Waals surface area contributed by atoms with Crippen LogP contribution in [0, 0.1) is 0 Å². The minimum Gasteiger partial charge on any atom is -0.339 e. The summed E-state index contributed by atoms with van der Waals surface area (Å²) in [4.78, 5) is 27.0. The first kappa shape index (κ1) is 14.4. The minimum atomic E-state index is 0.00907. The van der Waals surface area contributed by atoms with Crippen LogP contribution in [0.15, 0.2) is 23.1 Å². The van der Waals surface area contributed by atoms with Crippen molar-refractivity contribution in [2.24, 2.45) is 5.73 Å². The molecule has 0 bridgehead atoms. The van der Waals surface area contributed by atoms with Gasteiger partial charge in [0.2, 0.25) is 5.91 Å². The van der Waals surface area contributed by atoms with Crippen LogP contribution in [0.2, 0.25) is 0 Å². The second-order valence-electron chi connectivity index (χ2n) is 5.49. The van der Waals surface area contributed by atoms with Crippen molar-refractivity contribution in [3.63, 3.8) is 0 Å². The van der Waals surface area contributed by atoms with Gasteiger partial charge in [-0.05, 0) is 31.0 Å². The standard InChI is InChI=1S/C15H19N3O2S/c16-11-3-6-18(7-4-11)15(20)10-1-2-13-12(9-10)17-14(19)5-8-21-13/h1-2,9,11H,3-8,16H2,(H,17,19). The monoisotopic (exact) mass is 305 g/mol. The summed E-state index contributed by atoms with van der Waals surface area (Å²) in [6.45, 7) is 1.41. The van der Waals surface area contributed by atoms with E-state index >= 15 is 0 Å². The molecular weight excluding hydrogens is 286 g/mol. The van der Waals surface area contributed by atoms with E-state index in [1.807, 2.05) is 17.0 Å². The summed E-state index contributed by atoms with van der Waals surface area (Å²) in [6.07, 6.45) is 2.21. The van der Waals surface area contributed by atoms with Crippen LogP contribution in [0.5, 0.6) is 0 Å². The van der Waals surface area contributed by atoms with Crippen molar-refractivity contribution < 1.29 is 9.59 Å². The molecule has 2 heterocycles. The molecule has 21 heavy (non-hydrogen) atoms. The van der Waals surface area contributed by atoms with Crippen LogP contribution in [-0.4, -0.2) is 41.6 Å². The van der Waals surface area contributed by atoms with E-state index in [2.05, 4.69) is 5.32 Å². The second kappa shape index (κ2) is 6.07. The quantitative estimate of drug-likeness (QED) is 0.828. The smallest absolute Gasteiger partial charge is 0.253 e. The average molecular weight is 305 g/mol. The van der Waals surface area contributed by atoms with Crippen LogP contribution < -0.4 is 11.1 Å². The SMILES string of the molecule is NC1CCN(C(=O)c2ccc3c(c2)NC(=O)CCS3)CC1. The Morgan fingerprint density at radius 2 is 2.10 bits per heavy atom. The average Bonchev–Trinajstić information content (AvgIpc) is 2.67. The number of benzene rings is 1. The van der Waals surface area contributed by atoms with E-state index in [9.17, 15) is 9.59 Å². The predicted molar refractivity (Wildman–Crippen MR) is 83.5 cm³/mol. The fourth-order valence-electron chi connectivity index (χ4n) is 2.64. The summed E-state index contributed by atoms with van der Waals surface area (Å²) < 4.78 is 0. The van der Waals surface area contributed by atoms with Crippen molar-refractivity contribution in [2.45, 2.75) is 30.2 Å². The molecule has 0 unspecified atom stereocenters. The third-order valence-electron chi connectivity index (χ3n) is 3.91. The van der Waals surface area contributed by atoms with Gasteiger partial charge in [0.25, 0.3) is 5.91 Å². The minimum absolute atomic E-state index is 0.00907.